The molecule has 130 valence electrons. The van der Waals surface area contributed by atoms with E-state index >= 15 is 0 Å². The number of carbonyl (C=O) groups is 1. The van der Waals surface area contributed by atoms with Crippen molar-refractivity contribution in [1.82, 2.24) is 14.8 Å². The highest BCUT2D eigenvalue weighted by molar-refractivity contribution is 6.08. The first-order valence-corrected chi connectivity index (χ1v) is 8.39. The Balaban J connectivity index is 1.92. The van der Waals surface area contributed by atoms with Gasteiger partial charge in [0.25, 0.3) is 5.91 Å². The topological polar surface area (TPSA) is 59.8 Å². The molecule has 0 saturated heterocycles. The van der Waals surface area contributed by atoms with Gasteiger partial charge in [-0.15, -0.1) is 0 Å². The molecule has 0 radical (unpaired) electrons. The summed E-state index contributed by atoms with van der Waals surface area (Å²) in [6.07, 6.45) is 0. The van der Waals surface area contributed by atoms with E-state index in [0.717, 1.165) is 22.3 Å². The number of fused-ring (bicyclic) bond motifs is 1. The Kier molecular flexibility index (Phi) is 4.11. The van der Waals surface area contributed by atoms with E-state index < -0.39 is 0 Å². The van der Waals surface area contributed by atoms with Crippen LogP contribution in [0.15, 0.2) is 30.3 Å². The maximum absolute atomic E-state index is 12.6. The van der Waals surface area contributed by atoms with Crippen molar-refractivity contribution in [2.24, 2.45) is 7.05 Å². The highest BCUT2D eigenvalue weighted by Crippen LogP contribution is 2.26. The van der Waals surface area contributed by atoms with Crippen molar-refractivity contribution in [2.45, 2.75) is 40.0 Å². The van der Waals surface area contributed by atoms with Gasteiger partial charge in [0.1, 0.15) is 0 Å². The lowest BCUT2D eigenvalue weighted by atomic mass is 9.87. The van der Waals surface area contributed by atoms with Gasteiger partial charge in [0.2, 0.25) is 0 Å². The molecule has 0 saturated carbocycles. The molecule has 25 heavy (non-hydrogen) atoms. The monoisotopic (exact) mass is 336 g/mol. The fourth-order valence-corrected chi connectivity index (χ4v) is 2.98. The largest absolute Gasteiger partial charge is 0.304 e. The number of anilines is 1. The third kappa shape index (κ3) is 3.27. The number of nitrogens with one attached hydrogen (secondary N) is 1. The molecular formula is C20H24N4O. The van der Waals surface area contributed by atoms with Gasteiger partial charge in [-0.3, -0.25) is 4.79 Å². The zero-order valence-electron chi connectivity index (χ0n) is 15.6. The van der Waals surface area contributed by atoms with Crippen molar-refractivity contribution >= 4 is 22.8 Å². The van der Waals surface area contributed by atoms with Crippen LogP contribution in [0.3, 0.4) is 0 Å². The third-order valence-electron chi connectivity index (χ3n) is 4.36. The molecule has 0 aliphatic heterocycles. The minimum Gasteiger partial charge on any atom is -0.304 e. The number of hydrogen-bond donors (Lipinski definition) is 1. The molecule has 3 aromatic rings. The lowest BCUT2D eigenvalue weighted by Gasteiger charge is -2.19. The summed E-state index contributed by atoms with van der Waals surface area (Å²) in [5, 5.41) is 8.25. The average molecular weight is 336 g/mol. The van der Waals surface area contributed by atoms with Crippen LogP contribution in [0.25, 0.3) is 11.0 Å². The number of pyridine rings is 1. The van der Waals surface area contributed by atoms with Crippen LogP contribution in [-0.2, 0) is 12.5 Å². The fraction of sp³-hybridized carbons (Fsp3) is 0.350. The van der Waals surface area contributed by atoms with Crippen LogP contribution < -0.4 is 5.32 Å². The van der Waals surface area contributed by atoms with Gasteiger partial charge < -0.3 is 5.32 Å². The van der Waals surface area contributed by atoms with E-state index in [2.05, 4.69) is 36.2 Å². The van der Waals surface area contributed by atoms with Crippen molar-refractivity contribution in [3.8, 4) is 0 Å². The van der Waals surface area contributed by atoms with E-state index in [0.29, 0.717) is 11.4 Å². The summed E-state index contributed by atoms with van der Waals surface area (Å²) >= 11 is 0. The Labute approximate surface area is 148 Å². The van der Waals surface area contributed by atoms with E-state index in [1.807, 2.05) is 51.2 Å². The molecule has 0 fully saturated rings. The molecule has 5 heteroatoms. The van der Waals surface area contributed by atoms with Crippen LogP contribution in [0.5, 0.6) is 0 Å². The van der Waals surface area contributed by atoms with E-state index in [-0.39, 0.29) is 11.3 Å². The number of nitrogens with zero attached hydrogens (tertiary/aromatic N) is 3. The quantitative estimate of drug-likeness (QED) is 0.765. The Morgan fingerprint density at radius 2 is 1.76 bits per heavy atom. The smallest absolute Gasteiger partial charge is 0.256 e. The fourth-order valence-electron chi connectivity index (χ4n) is 2.98. The lowest BCUT2D eigenvalue weighted by Crippen LogP contribution is -2.15. The molecule has 0 aliphatic rings. The average Bonchev–Trinajstić information content (AvgIpc) is 2.82. The summed E-state index contributed by atoms with van der Waals surface area (Å²) in [6.45, 7) is 10.4. The predicted octanol–water partition coefficient (Wildman–Crippen LogP) is 4.13. The predicted molar refractivity (Wildman–Crippen MR) is 101 cm³/mol. The Bertz CT molecular complexity index is 946. The van der Waals surface area contributed by atoms with E-state index in [1.165, 1.54) is 5.56 Å². The van der Waals surface area contributed by atoms with Crippen molar-refractivity contribution in [3.05, 3.63) is 52.7 Å². The second-order valence-corrected chi connectivity index (χ2v) is 7.53. The van der Waals surface area contributed by atoms with Crippen LogP contribution in [0.2, 0.25) is 0 Å². The molecule has 1 amide bonds. The third-order valence-corrected chi connectivity index (χ3v) is 4.36. The Morgan fingerprint density at radius 3 is 2.36 bits per heavy atom. The summed E-state index contributed by atoms with van der Waals surface area (Å²) in [5.41, 5.74) is 4.63. The Hall–Kier alpha value is -2.69. The van der Waals surface area contributed by atoms with Crippen molar-refractivity contribution in [3.63, 3.8) is 0 Å². The molecule has 0 bridgehead atoms. The molecule has 2 heterocycles. The van der Waals surface area contributed by atoms with Crippen LogP contribution in [0.1, 0.15) is 48.0 Å². The molecule has 0 unspecified atom stereocenters. The number of aryl methyl sites for hydroxylation is 3. The van der Waals surface area contributed by atoms with E-state index in [9.17, 15) is 4.79 Å². The lowest BCUT2D eigenvalue weighted by molar-refractivity contribution is 0.102. The highest BCUT2D eigenvalue weighted by Gasteiger charge is 2.17. The number of rotatable bonds is 2. The maximum Gasteiger partial charge on any atom is 0.256 e. The molecule has 1 N–H and O–H groups in total. The number of amides is 1. The first-order chi connectivity index (χ1) is 11.7. The summed E-state index contributed by atoms with van der Waals surface area (Å²) in [6, 6.07) is 9.72. The zero-order valence-corrected chi connectivity index (χ0v) is 15.6. The second-order valence-electron chi connectivity index (χ2n) is 7.53. The Morgan fingerprint density at radius 1 is 1.12 bits per heavy atom. The molecular weight excluding hydrogens is 312 g/mol. The molecule has 0 atom stereocenters. The minimum atomic E-state index is -0.166. The van der Waals surface area contributed by atoms with Crippen molar-refractivity contribution < 1.29 is 4.79 Å². The van der Waals surface area contributed by atoms with Crippen molar-refractivity contribution in [2.75, 3.05) is 5.32 Å². The first kappa shape index (κ1) is 17.1. The van der Waals surface area contributed by atoms with Crippen LogP contribution in [-0.4, -0.2) is 20.7 Å². The molecule has 5 nitrogen and oxygen atoms in total. The molecule has 2 aromatic heterocycles. The van der Waals surface area contributed by atoms with Gasteiger partial charge in [-0.05, 0) is 48.6 Å². The van der Waals surface area contributed by atoms with Crippen molar-refractivity contribution in [1.29, 1.82) is 0 Å². The number of hydrogen-bond acceptors (Lipinski definition) is 3. The van der Waals surface area contributed by atoms with Gasteiger partial charge in [0.05, 0.1) is 5.39 Å². The van der Waals surface area contributed by atoms with Gasteiger partial charge in [0.15, 0.2) is 11.5 Å². The number of benzene rings is 1. The van der Waals surface area contributed by atoms with E-state index in [1.54, 1.807) is 4.68 Å². The van der Waals surface area contributed by atoms with Crippen LogP contribution in [0, 0.1) is 13.8 Å². The van der Waals surface area contributed by atoms with Gasteiger partial charge in [0, 0.05) is 18.3 Å². The second kappa shape index (κ2) is 5.99. The van der Waals surface area contributed by atoms with Gasteiger partial charge >= 0.3 is 0 Å². The highest BCUT2D eigenvalue weighted by atomic mass is 16.1. The molecule has 3 rings (SSSR count). The SMILES string of the molecule is Cc1cc(C)c2c(NC(=O)c3ccc(C(C)(C)C)cc3)nn(C)c2n1. The standard InChI is InChI=1S/C20H24N4O/c1-12-11-13(2)21-18-16(12)17(23-24(18)6)22-19(25)14-7-9-15(10-8-14)20(3,4)5/h7-11H,1-6H3,(H,22,23,25). The number of carbonyl (C=O) groups excluding carboxylic acids is 1. The van der Waals surface area contributed by atoms with E-state index in [4.69, 9.17) is 0 Å². The van der Waals surface area contributed by atoms with Crippen LogP contribution in [0.4, 0.5) is 5.82 Å². The summed E-state index contributed by atoms with van der Waals surface area (Å²) < 4.78 is 1.70. The summed E-state index contributed by atoms with van der Waals surface area (Å²) in [7, 11) is 1.84. The molecule has 0 aliphatic carbocycles. The van der Waals surface area contributed by atoms with Gasteiger partial charge in [-0.25, -0.2) is 9.67 Å². The summed E-state index contributed by atoms with van der Waals surface area (Å²) in [5.74, 6) is 0.382. The minimum absolute atomic E-state index is 0.0623. The normalized spacial score (nSPS) is 11.8. The zero-order chi connectivity index (χ0) is 18.4. The number of aromatic nitrogens is 3. The molecule has 0 spiro atoms. The maximum atomic E-state index is 12.6. The molecule has 1 aromatic carbocycles. The van der Waals surface area contributed by atoms with Gasteiger partial charge in [-0.2, -0.15) is 5.10 Å². The van der Waals surface area contributed by atoms with Crippen LogP contribution >= 0.6 is 0 Å². The first-order valence-electron chi connectivity index (χ1n) is 8.39. The summed E-state index contributed by atoms with van der Waals surface area (Å²) in [4.78, 5) is 17.1. The van der Waals surface area contributed by atoms with Gasteiger partial charge in [-0.1, -0.05) is 32.9 Å².